The lowest BCUT2D eigenvalue weighted by Gasteiger charge is -2.53. The Labute approximate surface area is 172 Å². The standard InChI is InChI=1S/C19H18F4N4O4/c1-18(25(2)17(31)19(21,22)23)7-26(8-18)15-12(20)5-10-13(28)11(16(29)30)6-27(9-3-4-9)14(10)24-15/h5-6,9H,3-4,7-8H2,1-2H3,(H,29,30). The number of hydrogen-bond donors (Lipinski definition) is 1. The Morgan fingerprint density at radius 3 is 2.42 bits per heavy atom. The number of carboxylic acids is 1. The number of nitrogens with zero attached hydrogens (tertiary/aromatic N) is 4. The molecule has 1 aliphatic heterocycles. The van der Waals surface area contributed by atoms with Crippen LogP contribution in [0, 0.1) is 5.82 Å². The fraction of sp³-hybridized carbons (Fsp3) is 0.474. The number of rotatable bonds is 4. The summed E-state index contributed by atoms with van der Waals surface area (Å²) in [4.78, 5) is 41.6. The zero-order chi connectivity index (χ0) is 22.9. The summed E-state index contributed by atoms with van der Waals surface area (Å²) in [7, 11) is 1.04. The highest BCUT2D eigenvalue weighted by atomic mass is 19.4. The van der Waals surface area contributed by atoms with Crippen molar-refractivity contribution in [1.29, 1.82) is 0 Å². The predicted octanol–water partition coefficient (Wildman–Crippen LogP) is 2.17. The minimum absolute atomic E-state index is 0.0655. The number of anilines is 1. The van der Waals surface area contributed by atoms with E-state index in [1.807, 2.05) is 0 Å². The smallest absolute Gasteiger partial charge is 0.471 e. The molecule has 1 aliphatic carbocycles. The molecule has 0 radical (unpaired) electrons. The SMILES string of the molecule is CN(C(=O)C(F)(F)F)C1(C)CN(c2nc3c(cc2F)c(=O)c(C(=O)O)cn3C2CC2)C1. The zero-order valence-electron chi connectivity index (χ0n) is 16.5. The van der Waals surface area contributed by atoms with Crippen LogP contribution in [-0.2, 0) is 4.79 Å². The number of carbonyl (C=O) groups is 2. The molecule has 0 unspecified atom stereocenters. The normalized spacial score (nSPS) is 18.1. The molecule has 0 aromatic carbocycles. The fourth-order valence-corrected chi connectivity index (χ4v) is 3.82. The topological polar surface area (TPSA) is 95.7 Å². The van der Waals surface area contributed by atoms with Crippen LogP contribution >= 0.6 is 0 Å². The zero-order valence-corrected chi connectivity index (χ0v) is 16.5. The van der Waals surface area contributed by atoms with Crippen LogP contribution in [0.5, 0.6) is 0 Å². The van der Waals surface area contributed by atoms with Gasteiger partial charge in [0.2, 0.25) is 5.43 Å². The van der Waals surface area contributed by atoms with E-state index in [0.717, 1.165) is 26.0 Å². The summed E-state index contributed by atoms with van der Waals surface area (Å²) in [6.07, 6.45) is -2.34. The van der Waals surface area contributed by atoms with Crippen molar-refractivity contribution in [3.8, 4) is 0 Å². The average Bonchev–Trinajstić information content (AvgIpc) is 3.48. The highest BCUT2D eigenvalue weighted by Crippen LogP contribution is 2.38. The van der Waals surface area contributed by atoms with Crippen molar-refractivity contribution in [2.75, 3.05) is 25.0 Å². The molecule has 1 saturated carbocycles. The van der Waals surface area contributed by atoms with Gasteiger partial charge in [0.05, 0.1) is 10.9 Å². The molecule has 2 aromatic rings. The molecule has 1 saturated heterocycles. The summed E-state index contributed by atoms with van der Waals surface area (Å²) in [6.45, 7) is 1.26. The van der Waals surface area contributed by atoms with Gasteiger partial charge in [0.25, 0.3) is 0 Å². The molecular formula is C19H18F4N4O4. The molecule has 3 heterocycles. The second-order valence-corrected chi connectivity index (χ2v) is 8.20. The Morgan fingerprint density at radius 1 is 1.29 bits per heavy atom. The van der Waals surface area contributed by atoms with Gasteiger partial charge < -0.3 is 19.5 Å². The quantitative estimate of drug-likeness (QED) is 0.730. The van der Waals surface area contributed by atoms with Gasteiger partial charge in [-0.25, -0.2) is 14.2 Å². The van der Waals surface area contributed by atoms with Gasteiger partial charge in [-0.3, -0.25) is 9.59 Å². The minimum atomic E-state index is -5.02. The van der Waals surface area contributed by atoms with E-state index in [9.17, 15) is 37.1 Å². The van der Waals surface area contributed by atoms with Crippen LogP contribution in [-0.4, -0.2) is 63.3 Å². The van der Waals surface area contributed by atoms with E-state index in [2.05, 4.69) is 4.98 Å². The van der Waals surface area contributed by atoms with Crippen LogP contribution in [0.25, 0.3) is 11.0 Å². The third-order valence-electron chi connectivity index (χ3n) is 5.83. The molecule has 0 atom stereocenters. The lowest BCUT2D eigenvalue weighted by Crippen LogP contribution is -2.70. The third kappa shape index (κ3) is 3.39. The van der Waals surface area contributed by atoms with Crippen molar-refractivity contribution >= 4 is 28.7 Å². The molecule has 1 amide bonds. The Kier molecular flexibility index (Phi) is 4.53. The first kappa shape index (κ1) is 21.1. The monoisotopic (exact) mass is 442 g/mol. The van der Waals surface area contributed by atoms with Gasteiger partial charge in [-0.05, 0) is 25.8 Å². The number of pyridine rings is 2. The van der Waals surface area contributed by atoms with Crippen LogP contribution in [0.3, 0.4) is 0 Å². The molecule has 4 rings (SSSR count). The molecule has 1 N–H and O–H groups in total. The molecule has 0 bridgehead atoms. The van der Waals surface area contributed by atoms with E-state index in [-0.39, 0.29) is 36.0 Å². The first-order valence-electron chi connectivity index (χ1n) is 9.42. The maximum Gasteiger partial charge on any atom is 0.471 e. The number of amides is 1. The van der Waals surface area contributed by atoms with Crippen LogP contribution < -0.4 is 10.3 Å². The van der Waals surface area contributed by atoms with E-state index >= 15 is 0 Å². The van der Waals surface area contributed by atoms with Gasteiger partial charge in [0, 0.05) is 32.4 Å². The molecule has 2 fully saturated rings. The van der Waals surface area contributed by atoms with E-state index < -0.39 is 40.4 Å². The highest BCUT2D eigenvalue weighted by molar-refractivity contribution is 5.92. The van der Waals surface area contributed by atoms with Crippen LogP contribution in [0.15, 0.2) is 17.1 Å². The number of alkyl halides is 3. The van der Waals surface area contributed by atoms with Gasteiger partial charge in [0.15, 0.2) is 11.6 Å². The number of carboxylic acid groups (broad SMARTS) is 1. The lowest BCUT2D eigenvalue weighted by atomic mass is 9.90. The number of aromatic nitrogens is 2. The van der Waals surface area contributed by atoms with Gasteiger partial charge in [0.1, 0.15) is 11.2 Å². The molecule has 2 aromatic heterocycles. The molecule has 166 valence electrons. The van der Waals surface area contributed by atoms with Gasteiger partial charge >= 0.3 is 18.1 Å². The first-order chi connectivity index (χ1) is 14.3. The van der Waals surface area contributed by atoms with Gasteiger partial charge in [-0.1, -0.05) is 0 Å². The van der Waals surface area contributed by atoms with E-state index in [1.165, 1.54) is 22.6 Å². The molecule has 31 heavy (non-hydrogen) atoms. The number of likely N-dealkylation sites (N-methyl/N-ethyl adjacent to an activating group) is 1. The maximum atomic E-state index is 14.8. The summed E-state index contributed by atoms with van der Waals surface area (Å²) in [5, 5.41) is 9.09. The Hall–Kier alpha value is -3.18. The number of aromatic carboxylic acids is 1. The van der Waals surface area contributed by atoms with E-state index in [1.54, 1.807) is 0 Å². The number of carbonyl (C=O) groups excluding carboxylic acids is 1. The summed E-state index contributed by atoms with van der Waals surface area (Å²) in [6, 6.07) is 0.843. The van der Waals surface area contributed by atoms with Crippen molar-refractivity contribution in [3.63, 3.8) is 0 Å². The van der Waals surface area contributed by atoms with Gasteiger partial charge in [-0.2, -0.15) is 13.2 Å². The molecular weight excluding hydrogens is 424 g/mol. The lowest BCUT2D eigenvalue weighted by molar-refractivity contribution is -0.190. The third-order valence-corrected chi connectivity index (χ3v) is 5.83. The van der Waals surface area contributed by atoms with E-state index in [4.69, 9.17) is 0 Å². The number of hydrogen-bond acceptors (Lipinski definition) is 5. The van der Waals surface area contributed by atoms with Crippen molar-refractivity contribution in [3.05, 3.63) is 33.9 Å². The second-order valence-electron chi connectivity index (χ2n) is 8.20. The minimum Gasteiger partial charge on any atom is -0.477 e. The summed E-state index contributed by atoms with van der Waals surface area (Å²) >= 11 is 0. The summed E-state index contributed by atoms with van der Waals surface area (Å²) in [5.74, 6) is -4.50. The second kappa shape index (κ2) is 6.66. The predicted molar refractivity (Wildman–Crippen MR) is 101 cm³/mol. The maximum absolute atomic E-state index is 14.8. The number of fused-ring (bicyclic) bond motifs is 1. The van der Waals surface area contributed by atoms with Crippen molar-refractivity contribution in [2.24, 2.45) is 0 Å². The largest absolute Gasteiger partial charge is 0.477 e. The van der Waals surface area contributed by atoms with Crippen molar-refractivity contribution in [2.45, 2.75) is 37.5 Å². The average molecular weight is 442 g/mol. The molecule has 2 aliphatic rings. The summed E-state index contributed by atoms with van der Waals surface area (Å²) < 4.78 is 54.6. The molecule has 0 spiro atoms. The van der Waals surface area contributed by atoms with Gasteiger partial charge in [-0.15, -0.1) is 0 Å². The highest BCUT2D eigenvalue weighted by Gasteiger charge is 2.52. The van der Waals surface area contributed by atoms with Crippen LogP contribution in [0.1, 0.15) is 36.2 Å². The molecule has 12 heteroatoms. The van der Waals surface area contributed by atoms with Crippen LogP contribution in [0.4, 0.5) is 23.4 Å². The Balaban J connectivity index is 1.71. The van der Waals surface area contributed by atoms with Crippen molar-refractivity contribution < 1.29 is 32.3 Å². The number of halogens is 4. The summed E-state index contributed by atoms with van der Waals surface area (Å²) in [5.41, 5.74) is -2.42. The van der Waals surface area contributed by atoms with E-state index in [0.29, 0.717) is 4.90 Å². The fourth-order valence-electron chi connectivity index (χ4n) is 3.82. The molecule has 8 nitrogen and oxygen atoms in total. The van der Waals surface area contributed by atoms with Crippen LogP contribution in [0.2, 0.25) is 0 Å². The Morgan fingerprint density at radius 2 is 1.90 bits per heavy atom. The Bertz CT molecular complexity index is 1170. The first-order valence-corrected chi connectivity index (χ1v) is 9.42. The van der Waals surface area contributed by atoms with Crippen molar-refractivity contribution in [1.82, 2.24) is 14.5 Å².